The zero-order chi connectivity index (χ0) is 16.8. The summed E-state index contributed by atoms with van der Waals surface area (Å²) >= 11 is 0. The number of carbonyl (C=O) groups is 1. The second kappa shape index (κ2) is 7.86. The van der Waals surface area contributed by atoms with E-state index in [1.807, 2.05) is 36.4 Å². The van der Waals surface area contributed by atoms with Crippen LogP contribution in [-0.4, -0.2) is 19.2 Å². The lowest BCUT2D eigenvalue weighted by Crippen LogP contribution is -2.28. The average Bonchev–Trinajstić information content (AvgIpc) is 3.09. The van der Waals surface area contributed by atoms with Crippen LogP contribution >= 0.6 is 0 Å². The summed E-state index contributed by atoms with van der Waals surface area (Å²) in [7, 11) is 0. The maximum absolute atomic E-state index is 12.1. The number of hydrogen-bond donors (Lipinski definition) is 1. The van der Waals surface area contributed by atoms with E-state index in [-0.39, 0.29) is 12.7 Å². The van der Waals surface area contributed by atoms with Gasteiger partial charge in [-0.25, -0.2) is 0 Å². The molecule has 1 atom stereocenters. The Balaban J connectivity index is 1.47. The second-order valence-electron chi connectivity index (χ2n) is 6.01. The molecule has 126 valence electrons. The van der Waals surface area contributed by atoms with Gasteiger partial charge in [0.05, 0.1) is 0 Å². The molecule has 0 spiro atoms. The van der Waals surface area contributed by atoms with Crippen molar-refractivity contribution in [3.8, 4) is 11.5 Å². The zero-order valence-electron chi connectivity index (χ0n) is 14.0. The number of rotatable bonds is 7. The lowest BCUT2D eigenvalue weighted by Gasteiger charge is -2.16. The minimum Gasteiger partial charge on any atom is -0.454 e. The Morgan fingerprint density at radius 3 is 2.71 bits per heavy atom. The fraction of sp³-hybridized carbons (Fsp3) is 0.350. The van der Waals surface area contributed by atoms with Crippen LogP contribution in [-0.2, 0) is 11.2 Å². The van der Waals surface area contributed by atoms with Crippen molar-refractivity contribution in [1.29, 1.82) is 0 Å². The lowest BCUT2D eigenvalue weighted by molar-refractivity contribution is -0.121. The van der Waals surface area contributed by atoms with Gasteiger partial charge in [0.2, 0.25) is 12.7 Å². The Bertz CT molecular complexity index is 685. The van der Waals surface area contributed by atoms with Crippen LogP contribution in [0.5, 0.6) is 11.5 Å². The first-order valence-corrected chi connectivity index (χ1v) is 8.46. The molecule has 24 heavy (non-hydrogen) atoms. The van der Waals surface area contributed by atoms with Gasteiger partial charge >= 0.3 is 0 Å². The first-order chi connectivity index (χ1) is 11.8. The van der Waals surface area contributed by atoms with Gasteiger partial charge in [-0.3, -0.25) is 4.79 Å². The highest BCUT2D eigenvalue weighted by Gasteiger charge is 2.14. The van der Waals surface area contributed by atoms with E-state index in [0.29, 0.717) is 25.3 Å². The van der Waals surface area contributed by atoms with Crippen molar-refractivity contribution >= 4 is 5.91 Å². The Hall–Kier alpha value is -2.49. The smallest absolute Gasteiger partial charge is 0.231 e. The number of fused-ring (bicyclic) bond motifs is 1. The fourth-order valence-electron chi connectivity index (χ4n) is 2.90. The van der Waals surface area contributed by atoms with Gasteiger partial charge in [0.25, 0.3) is 0 Å². The molecular weight excluding hydrogens is 302 g/mol. The van der Waals surface area contributed by atoms with Gasteiger partial charge in [-0.1, -0.05) is 43.3 Å². The van der Waals surface area contributed by atoms with Gasteiger partial charge in [0, 0.05) is 18.9 Å². The van der Waals surface area contributed by atoms with E-state index in [0.717, 1.165) is 23.5 Å². The van der Waals surface area contributed by atoms with Crippen molar-refractivity contribution < 1.29 is 14.3 Å². The van der Waals surface area contributed by atoms with E-state index in [4.69, 9.17) is 9.47 Å². The van der Waals surface area contributed by atoms with Crippen LogP contribution in [0.1, 0.15) is 36.8 Å². The maximum Gasteiger partial charge on any atom is 0.231 e. The van der Waals surface area contributed by atoms with Crippen LogP contribution in [0.4, 0.5) is 0 Å². The van der Waals surface area contributed by atoms with Crippen LogP contribution < -0.4 is 14.8 Å². The number of ether oxygens (including phenoxy) is 2. The van der Waals surface area contributed by atoms with Gasteiger partial charge in [0.15, 0.2) is 11.5 Å². The van der Waals surface area contributed by atoms with Crippen molar-refractivity contribution in [2.45, 2.75) is 32.1 Å². The Labute approximate surface area is 142 Å². The normalized spacial score (nSPS) is 13.5. The quantitative estimate of drug-likeness (QED) is 0.845. The predicted molar refractivity (Wildman–Crippen MR) is 93.4 cm³/mol. The van der Waals surface area contributed by atoms with Gasteiger partial charge in [-0.15, -0.1) is 0 Å². The molecule has 0 saturated carbocycles. The van der Waals surface area contributed by atoms with E-state index in [1.54, 1.807) is 0 Å². The Kier molecular flexibility index (Phi) is 5.36. The van der Waals surface area contributed by atoms with Crippen LogP contribution in [0.2, 0.25) is 0 Å². The van der Waals surface area contributed by atoms with Gasteiger partial charge in [-0.2, -0.15) is 0 Å². The molecule has 0 fully saturated rings. The third-order valence-electron chi connectivity index (χ3n) is 4.39. The van der Waals surface area contributed by atoms with E-state index in [1.165, 1.54) is 5.56 Å². The third kappa shape index (κ3) is 4.07. The third-order valence-corrected chi connectivity index (χ3v) is 4.39. The number of amides is 1. The molecule has 4 heteroatoms. The molecule has 1 unspecified atom stereocenters. The highest BCUT2D eigenvalue weighted by molar-refractivity contribution is 5.76. The van der Waals surface area contributed by atoms with Crippen LogP contribution in [0.25, 0.3) is 0 Å². The van der Waals surface area contributed by atoms with Crippen molar-refractivity contribution in [3.05, 3.63) is 59.7 Å². The van der Waals surface area contributed by atoms with Gasteiger partial charge in [0.1, 0.15) is 0 Å². The summed E-state index contributed by atoms with van der Waals surface area (Å²) in [5.41, 5.74) is 2.36. The summed E-state index contributed by atoms with van der Waals surface area (Å²) in [6.07, 6.45) is 2.18. The lowest BCUT2D eigenvalue weighted by atomic mass is 9.96. The van der Waals surface area contributed by atoms with Crippen molar-refractivity contribution in [2.75, 3.05) is 13.3 Å². The maximum atomic E-state index is 12.1. The molecule has 0 bridgehead atoms. The zero-order valence-corrected chi connectivity index (χ0v) is 14.0. The molecule has 4 nitrogen and oxygen atoms in total. The SMILES string of the molecule is CCC(CNC(=O)CCc1ccc2c(c1)OCO2)c1ccccc1. The van der Waals surface area contributed by atoms with E-state index < -0.39 is 0 Å². The summed E-state index contributed by atoms with van der Waals surface area (Å²) in [6, 6.07) is 16.2. The molecule has 1 N–H and O–H groups in total. The van der Waals surface area contributed by atoms with E-state index in [2.05, 4.69) is 24.4 Å². The van der Waals surface area contributed by atoms with Crippen LogP contribution in [0.15, 0.2) is 48.5 Å². The molecular formula is C20H23NO3. The molecule has 0 aromatic heterocycles. The highest BCUT2D eigenvalue weighted by Crippen LogP contribution is 2.32. The van der Waals surface area contributed by atoms with Gasteiger partial charge < -0.3 is 14.8 Å². The summed E-state index contributed by atoms with van der Waals surface area (Å²) in [6.45, 7) is 3.11. The number of benzene rings is 2. The molecule has 2 aromatic carbocycles. The van der Waals surface area contributed by atoms with E-state index in [9.17, 15) is 4.79 Å². The van der Waals surface area contributed by atoms with Crippen LogP contribution in [0, 0.1) is 0 Å². The summed E-state index contributed by atoms with van der Waals surface area (Å²) < 4.78 is 10.7. The average molecular weight is 325 g/mol. The highest BCUT2D eigenvalue weighted by atomic mass is 16.7. The van der Waals surface area contributed by atoms with E-state index >= 15 is 0 Å². The Morgan fingerprint density at radius 2 is 1.92 bits per heavy atom. The molecule has 1 aliphatic heterocycles. The minimum absolute atomic E-state index is 0.0852. The standard InChI is InChI=1S/C20H23NO3/c1-2-16(17-6-4-3-5-7-17)13-21-20(22)11-9-15-8-10-18-19(12-15)24-14-23-18/h3-8,10,12,16H,2,9,11,13-14H2,1H3,(H,21,22). The number of nitrogens with one attached hydrogen (secondary N) is 1. The first kappa shape index (κ1) is 16.4. The second-order valence-corrected chi connectivity index (χ2v) is 6.01. The molecule has 1 aliphatic rings. The number of aryl methyl sites for hydroxylation is 1. The van der Waals surface area contributed by atoms with Crippen molar-refractivity contribution in [2.24, 2.45) is 0 Å². The molecule has 0 radical (unpaired) electrons. The number of hydrogen-bond acceptors (Lipinski definition) is 3. The fourth-order valence-corrected chi connectivity index (χ4v) is 2.90. The Morgan fingerprint density at radius 1 is 1.12 bits per heavy atom. The minimum atomic E-state index is 0.0852. The molecule has 2 aromatic rings. The molecule has 0 saturated heterocycles. The molecule has 1 heterocycles. The topological polar surface area (TPSA) is 47.6 Å². The summed E-state index contributed by atoms with van der Waals surface area (Å²) in [4.78, 5) is 12.1. The molecule has 3 rings (SSSR count). The predicted octanol–water partition coefficient (Wildman–Crippen LogP) is 3.66. The first-order valence-electron chi connectivity index (χ1n) is 8.46. The number of carbonyl (C=O) groups excluding carboxylic acids is 1. The van der Waals surface area contributed by atoms with Gasteiger partial charge in [-0.05, 0) is 36.1 Å². The summed E-state index contributed by atoms with van der Waals surface area (Å²) in [5.74, 6) is 1.99. The summed E-state index contributed by atoms with van der Waals surface area (Å²) in [5, 5.41) is 3.06. The van der Waals surface area contributed by atoms with Crippen LogP contribution in [0.3, 0.4) is 0 Å². The molecule has 0 aliphatic carbocycles. The van der Waals surface area contributed by atoms with Crippen molar-refractivity contribution in [3.63, 3.8) is 0 Å². The van der Waals surface area contributed by atoms with Crippen molar-refractivity contribution in [1.82, 2.24) is 5.32 Å². The molecule has 1 amide bonds. The largest absolute Gasteiger partial charge is 0.454 e. The monoisotopic (exact) mass is 325 g/mol.